The molecule has 20 heavy (non-hydrogen) atoms. The van der Waals surface area contributed by atoms with Crippen molar-refractivity contribution in [1.82, 2.24) is 0 Å². The summed E-state index contributed by atoms with van der Waals surface area (Å²) < 4.78 is 41.3. The van der Waals surface area contributed by atoms with Gasteiger partial charge in [-0.25, -0.2) is 0 Å². The molecule has 2 rings (SSSR count). The summed E-state index contributed by atoms with van der Waals surface area (Å²) in [6, 6.07) is 5.83. The SMILES string of the molecule is CC1(C)CCCC1C(O)c1ccccc1OC(F)(F)F. The first-order valence-corrected chi connectivity index (χ1v) is 6.73. The van der Waals surface area contributed by atoms with Crippen LogP contribution in [0.2, 0.25) is 0 Å². The van der Waals surface area contributed by atoms with Gasteiger partial charge < -0.3 is 9.84 Å². The summed E-state index contributed by atoms with van der Waals surface area (Å²) in [6.07, 6.45) is -2.92. The fraction of sp³-hybridized carbons (Fsp3) is 0.600. The molecule has 112 valence electrons. The second kappa shape index (κ2) is 5.28. The molecule has 2 unspecified atom stereocenters. The molecule has 1 aromatic rings. The van der Waals surface area contributed by atoms with E-state index in [1.807, 2.05) is 13.8 Å². The number of halogens is 3. The van der Waals surface area contributed by atoms with Crippen LogP contribution in [0.5, 0.6) is 5.75 Å². The van der Waals surface area contributed by atoms with Gasteiger partial charge in [-0.2, -0.15) is 0 Å². The summed E-state index contributed by atoms with van der Waals surface area (Å²) in [5.74, 6) is -0.365. The second-order valence-electron chi connectivity index (χ2n) is 6.02. The summed E-state index contributed by atoms with van der Waals surface area (Å²) in [7, 11) is 0. The molecule has 5 heteroatoms. The van der Waals surface area contributed by atoms with Gasteiger partial charge in [0.2, 0.25) is 0 Å². The van der Waals surface area contributed by atoms with E-state index in [0.717, 1.165) is 19.3 Å². The zero-order valence-corrected chi connectivity index (χ0v) is 11.6. The zero-order chi connectivity index (χ0) is 15.0. The van der Waals surface area contributed by atoms with E-state index in [9.17, 15) is 18.3 Å². The second-order valence-corrected chi connectivity index (χ2v) is 6.02. The maximum atomic E-state index is 12.4. The standard InChI is InChI=1S/C15H19F3O2/c1-14(2)9-5-7-11(14)13(19)10-6-3-4-8-12(10)20-15(16,17)18/h3-4,6,8,11,13,19H,5,7,9H2,1-2H3. The smallest absolute Gasteiger partial charge is 0.405 e. The quantitative estimate of drug-likeness (QED) is 0.890. The van der Waals surface area contributed by atoms with E-state index in [-0.39, 0.29) is 22.6 Å². The van der Waals surface area contributed by atoms with E-state index in [4.69, 9.17) is 0 Å². The lowest BCUT2D eigenvalue weighted by Gasteiger charge is -2.32. The van der Waals surface area contributed by atoms with Crippen molar-refractivity contribution in [3.63, 3.8) is 0 Å². The average molecular weight is 288 g/mol. The molecule has 1 saturated carbocycles. The van der Waals surface area contributed by atoms with Gasteiger partial charge in [0.1, 0.15) is 5.75 Å². The fourth-order valence-electron chi connectivity index (χ4n) is 3.10. The van der Waals surface area contributed by atoms with Crippen LogP contribution in [-0.2, 0) is 0 Å². The number of aliphatic hydroxyl groups is 1. The van der Waals surface area contributed by atoms with E-state index in [2.05, 4.69) is 4.74 Å². The maximum absolute atomic E-state index is 12.4. The van der Waals surface area contributed by atoms with Crippen LogP contribution in [0.3, 0.4) is 0 Å². The molecule has 0 aromatic heterocycles. The van der Waals surface area contributed by atoms with Crippen molar-refractivity contribution >= 4 is 0 Å². The van der Waals surface area contributed by atoms with Crippen molar-refractivity contribution in [3.05, 3.63) is 29.8 Å². The van der Waals surface area contributed by atoms with Gasteiger partial charge in [0.05, 0.1) is 6.10 Å². The third kappa shape index (κ3) is 3.26. The minimum Gasteiger partial charge on any atom is -0.405 e. The van der Waals surface area contributed by atoms with E-state index >= 15 is 0 Å². The normalized spacial score (nSPS) is 23.6. The van der Waals surface area contributed by atoms with Gasteiger partial charge in [-0.3, -0.25) is 0 Å². The van der Waals surface area contributed by atoms with Gasteiger partial charge in [0.25, 0.3) is 0 Å². The Balaban J connectivity index is 2.28. The van der Waals surface area contributed by atoms with Crippen molar-refractivity contribution in [2.75, 3.05) is 0 Å². The Morgan fingerprint density at radius 1 is 1.30 bits per heavy atom. The van der Waals surface area contributed by atoms with Crippen LogP contribution < -0.4 is 4.74 Å². The number of benzene rings is 1. The van der Waals surface area contributed by atoms with Gasteiger partial charge in [-0.15, -0.1) is 13.2 Å². The molecule has 2 nitrogen and oxygen atoms in total. The lowest BCUT2D eigenvalue weighted by atomic mass is 9.76. The predicted octanol–water partition coefficient (Wildman–Crippen LogP) is 4.44. The third-order valence-electron chi connectivity index (χ3n) is 4.18. The molecule has 1 aromatic carbocycles. The van der Waals surface area contributed by atoms with Crippen molar-refractivity contribution in [2.24, 2.45) is 11.3 Å². The largest absolute Gasteiger partial charge is 0.573 e. The third-order valence-corrected chi connectivity index (χ3v) is 4.18. The number of aliphatic hydroxyl groups excluding tert-OH is 1. The molecular weight excluding hydrogens is 269 g/mol. The molecule has 0 radical (unpaired) electrons. The zero-order valence-electron chi connectivity index (χ0n) is 11.6. The van der Waals surface area contributed by atoms with Crippen molar-refractivity contribution < 1.29 is 23.0 Å². The van der Waals surface area contributed by atoms with Crippen LogP contribution in [0.4, 0.5) is 13.2 Å². The highest BCUT2D eigenvalue weighted by molar-refractivity contribution is 5.36. The average Bonchev–Trinajstić information content (AvgIpc) is 2.67. The predicted molar refractivity (Wildman–Crippen MR) is 69.2 cm³/mol. The Hall–Kier alpha value is -1.23. The molecule has 0 amide bonds. The monoisotopic (exact) mass is 288 g/mol. The molecule has 1 aliphatic rings. The van der Waals surface area contributed by atoms with Crippen LogP contribution in [0.1, 0.15) is 44.8 Å². The Morgan fingerprint density at radius 3 is 2.50 bits per heavy atom. The number of alkyl halides is 3. The molecule has 1 aliphatic carbocycles. The van der Waals surface area contributed by atoms with Crippen LogP contribution in [-0.4, -0.2) is 11.5 Å². The molecule has 2 atom stereocenters. The van der Waals surface area contributed by atoms with E-state index in [1.54, 1.807) is 6.07 Å². The van der Waals surface area contributed by atoms with Crippen LogP contribution in [0.15, 0.2) is 24.3 Å². The lowest BCUT2D eigenvalue weighted by molar-refractivity contribution is -0.275. The molecular formula is C15H19F3O2. The Kier molecular flexibility index (Phi) is 4.00. The topological polar surface area (TPSA) is 29.5 Å². The summed E-state index contributed by atoms with van der Waals surface area (Å²) >= 11 is 0. The first kappa shape index (κ1) is 15.2. The molecule has 0 spiro atoms. The Labute approximate surface area is 116 Å². The van der Waals surface area contributed by atoms with Gasteiger partial charge in [0, 0.05) is 5.56 Å². The molecule has 1 fully saturated rings. The fourth-order valence-corrected chi connectivity index (χ4v) is 3.10. The molecule has 0 heterocycles. The van der Waals surface area contributed by atoms with E-state index < -0.39 is 12.5 Å². The Bertz CT molecular complexity index is 468. The number of hydrogen-bond donors (Lipinski definition) is 1. The first-order valence-electron chi connectivity index (χ1n) is 6.73. The number of para-hydroxylation sites is 1. The number of rotatable bonds is 3. The molecule has 0 bridgehead atoms. The number of hydrogen-bond acceptors (Lipinski definition) is 2. The molecule has 1 N–H and O–H groups in total. The Morgan fingerprint density at radius 2 is 1.95 bits per heavy atom. The van der Waals surface area contributed by atoms with Crippen molar-refractivity contribution in [1.29, 1.82) is 0 Å². The molecule has 0 saturated heterocycles. The summed E-state index contributed by atoms with van der Waals surface area (Å²) in [5.41, 5.74) is 0.134. The van der Waals surface area contributed by atoms with E-state index in [0.29, 0.717) is 0 Å². The number of ether oxygens (including phenoxy) is 1. The van der Waals surface area contributed by atoms with Crippen LogP contribution >= 0.6 is 0 Å². The van der Waals surface area contributed by atoms with Gasteiger partial charge in [-0.05, 0) is 30.2 Å². The lowest BCUT2D eigenvalue weighted by Crippen LogP contribution is -2.25. The van der Waals surface area contributed by atoms with Gasteiger partial charge in [0.15, 0.2) is 0 Å². The highest BCUT2D eigenvalue weighted by Gasteiger charge is 2.41. The summed E-state index contributed by atoms with van der Waals surface area (Å²) in [5, 5.41) is 10.5. The highest BCUT2D eigenvalue weighted by atomic mass is 19.4. The minimum absolute atomic E-state index is 0.0551. The van der Waals surface area contributed by atoms with Crippen LogP contribution in [0, 0.1) is 11.3 Å². The first-order chi connectivity index (χ1) is 9.21. The molecule has 0 aliphatic heterocycles. The van der Waals surface area contributed by atoms with Crippen molar-refractivity contribution in [3.8, 4) is 5.75 Å². The maximum Gasteiger partial charge on any atom is 0.573 e. The summed E-state index contributed by atoms with van der Waals surface area (Å²) in [6.45, 7) is 4.09. The van der Waals surface area contributed by atoms with Gasteiger partial charge in [-0.1, -0.05) is 38.5 Å². The van der Waals surface area contributed by atoms with Crippen molar-refractivity contribution in [2.45, 2.75) is 45.6 Å². The minimum atomic E-state index is -4.75. The van der Waals surface area contributed by atoms with Gasteiger partial charge >= 0.3 is 6.36 Å². The highest BCUT2D eigenvalue weighted by Crippen LogP contribution is 2.50. The van der Waals surface area contributed by atoms with Crippen LogP contribution in [0.25, 0.3) is 0 Å². The summed E-state index contributed by atoms with van der Waals surface area (Å²) in [4.78, 5) is 0. The van der Waals surface area contributed by atoms with E-state index in [1.165, 1.54) is 18.2 Å².